The number of hydrogen-bond acceptors (Lipinski definition) is 15. The minimum atomic E-state index is -5.01. The van der Waals surface area contributed by atoms with Gasteiger partial charge in [-0.15, -0.1) is 0 Å². The molecule has 5 unspecified atom stereocenters. The number of hydrogen-bond donors (Lipinski definition) is 3. The highest BCUT2D eigenvalue weighted by Crippen LogP contribution is 2.45. The lowest BCUT2D eigenvalue weighted by Gasteiger charge is -2.21. The molecular formula is C85H138O17P2. The first kappa shape index (κ1) is 98.4. The Kier molecular flexibility index (Phi) is 71.6. The van der Waals surface area contributed by atoms with Crippen LogP contribution in [0.5, 0.6) is 0 Å². The molecular weight excluding hydrogens is 1350 g/mol. The van der Waals surface area contributed by atoms with E-state index in [1.807, 2.05) is 12.2 Å². The molecule has 17 nitrogen and oxygen atoms in total. The number of carbonyl (C=O) groups is 4. The molecule has 0 fully saturated rings. The zero-order chi connectivity index (χ0) is 76.0. The summed E-state index contributed by atoms with van der Waals surface area (Å²) < 4.78 is 68.4. The molecule has 590 valence electrons. The van der Waals surface area contributed by atoms with Crippen molar-refractivity contribution in [2.45, 2.75) is 303 Å². The number of esters is 4. The summed E-state index contributed by atoms with van der Waals surface area (Å²) in [6.07, 6.45) is 89.4. The van der Waals surface area contributed by atoms with Gasteiger partial charge < -0.3 is 33.8 Å². The van der Waals surface area contributed by atoms with E-state index >= 15 is 0 Å². The van der Waals surface area contributed by atoms with E-state index in [-0.39, 0.29) is 25.7 Å². The summed E-state index contributed by atoms with van der Waals surface area (Å²) in [6.45, 7) is 4.32. The van der Waals surface area contributed by atoms with Crippen molar-refractivity contribution >= 4 is 39.5 Å². The molecule has 0 rings (SSSR count). The van der Waals surface area contributed by atoms with Gasteiger partial charge in [0.2, 0.25) is 0 Å². The lowest BCUT2D eigenvalue weighted by molar-refractivity contribution is -0.161. The van der Waals surface area contributed by atoms with Crippen LogP contribution < -0.4 is 0 Å². The molecule has 104 heavy (non-hydrogen) atoms. The Bertz CT molecular complexity index is 2640. The SMILES string of the molecule is CC/C=C\C/C=C\C/C=C\C/C=C\C/C=C\CC(=O)OC(COC(=O)CCCCCCCC/C=C\C/C=C\C/C=C\CCCCC)COP(=O)(O)OCC(O)COP(=O)(O)OCC(COC(=O)CCCCCCC/C=C\C/C=C\C/C=C\CC)OC(=O)CCCCCCC/C=C\C/C=C\C/C=C\CC. The van der Waals surface area contributed by atoms with Gasteiger partial charge in [-0.3, -0.25) is 37.3 Å². The quantitative estimate of drug-likeness (QED) is 0.0169. The second kappa shape index (κ2) is 75.6. The van der Waals surface area contributed by atoms with Crippen LogP contribution in [0.1, 0.15) is 285 Å². The van der Waals surface area contributed by atoms with Crippen LogP contribution in [0, 0.1) is 0 Å². The molecule has 0 saturated carbocycles. The number of unbranched alkanes of at least 4 members (excludes halogenated alkanes) is 19. The van der Waals surface area contributed by atoms with E-state index in [4.69, 9.17) is 37.0 Å². The second-order valence-corrected chi connectivity index (χ2v) is 28.4. The topological polar surface area (TPSA) is 237 Å². The molecule has 0 aliphatic heterocycles. The number of phosphoric acid groups is 2. The van der Waals surface area contributed by atoms with Crippen molar-refractivity contribution in [2.75, 3.05) is 39.6 Å². The van der Waals surface area contributed by atoms with E-state index in [1.165, 1.54) is 19.3 Å². The van der Waals surface area contributed by atoms with E-state index in [0.29, 0.717) is 25.7 Å². The highest BCUT2D eigenvalue weighted by atomic mass is 31.2. The van der Waals surface area contributed by atoms with Crippen molar-refractivity contribution in [3.05, 3.63) is 170 Å². The largest absolute Gasteiger partial charge is 0.472 e. The molecule has 3 N–H and O–H groups in total. The first-order valence-corrected chi connectivity index (χ1v) is 42.4. The summed E-state index contributed by atoms with van der Waals surface area (Å²) in [7, 11) is -10.0. The van der Waals surface area contributed by atoms with Gasteiger partial charge in [-0.1, -0.05) is 275 Å². The van der Waals surface area contributed by atoms with Crippen molar-refractivity contribution in [3.63, 3.8) is 0 Å². The molecule has 0 spiro atoms. The molecule has 5 atom stereocenters. The number of aliphatic hydroxyl groups excluding tert-OH is 1. The van der Waals surface area contributed by atoms with E-state index in [9.17, 15) is 43.2 Å². The highest BCUT2D eigenvalue weighted by molar-refractivity contribution is 7.47. The second-order valence-electron chi connectivity index (χ2n) is 25.5. The summed E-state index contributed by atoms with van der Waals surface area (Å²) in [5.41, 5.74) is 0. The highest BCUT2D eigenvalue weighted by Gasteiger charge is 2.30. The number of carbonyl (C=O) groups excluding carboxylic acids is 4. The van der Waals surface area contributed by atoms with Gasteiger partial charge in [-0.2, -0.15) is 0 Å². The summed E-state index contributed by atoms with van der Waals surface area (Å²) in [5.74, 6) is -2.39. The molecule has 0 heterocycles. The van der Waals surface area contributed by atoms with Crippen LogP contribution in [0.4, 0.5) is 0 Å². The smallest absolute Gasteiger partial charge is 0.462 e. The van der Waals surface area contributed by atoms with Crippen LogP contribution in [0.15, 0.2) is 170 Å². The summed E-state index contributed by atoms with van der Waals surface area (Å²) in [4.78, 5) is 72.9. The third-order valence-electron chi connectivity index (χ3n) is 15.7. The van der Waals surface area contributed by atoms with Crippen molar-refractivity contribution in [2.24, 2.45) is 0 Å². The van der Waals surface area contributed by atoms with Crippen LogP contribution >= 0.6 is 15.6 Å². The Balaban J connectivity index is 5.47. The van der Waals surface area contributed by atoms with Crippen LogP contribution in [-0.4, -0.2) is 96.7 Å². The van der Waals surface area contributed by atoms with Gasteiger partial charge in [0.25, 0.3) is 0 Å². The number of allylic oxidation sites excluding steroid dienone is 27. The molecule has 0 bridgehead atoms. The van der Waals surface area contributed by atoms with Gasteiger partial charge in [-0.25, -0.2) is 9.13 Å². The van der Waals surface area contributed by atoms with E-state index < -0.39 is 97.5 Å². The monoisotopic (exact) mass is 1490 g/mol. The van der Waals surface area contributed by atoms with Crippen molar-refractivity contribution in [3.8, 4) is 0 Å². The molecule has 19 heteroatoms. The van der Waals surface area contributed by atoms with Gasteiger partial charge in [0.05, 0.1) is 32.8 Å². The molecule has 0 aromatic heterocycles. The Morgan fingerprint density at radius 1 is 0.288 bits per heavy atom. The van der Waals surface area contributed by atoms with Crippen molar-refractivity contribution < 1.29 is 80.2 Å². The van der Waals surface area contributed by atoms with Gasteiger partial charge in [0, 0.05) is 19.3 Å². The molecule has 0 aromatic rings. The maximum atomic E-state index is 13.1. The van der Waals surface area contributed by atoms with Crippen LogP contribution in [0.25, 0.3) is 0 Å². The maximum Gasteiger partial charge on any atom is 0.472 e. The van der Waals surface area contributed by atoms with Gasteiger partial charge in [0.15, 0.2) is 12.2 Å². The minimum Gasteiger partial charge on any atom is -0.462 e. The average Bonchev–Trinajstić information content (AvgIpc) is 0.999. The standard InChI is InChI=1S/C85H138O17P2/c1-5-9-13-17-21-25-29-33-37-38-39-40-44-46-50-54-58-62-66-70-83(88)96-76-81(102-85(90)72-68-64-60-56-52-48-43-36-32-28-24-20-16-12-8-4)78-100-104(93,94)98-74-79(86)73-97-103(91,92)99-77-80(101-84(89)71-67-63-59-55-51-47-42-35-31-27-23-19-15-11-7-3)75-95-82(87)69-65-61-57-53-49-45-41-34-30-26-22-18-14-10-6-2/h10-12,14-16,21-28,33-37,39-43,52,56,64,68,79-81,86H,5-9,13,17-20,29-32,38,44-51,53-55,57-63,65-67,69-78H2,1-4H3,(H,91,92)(H,93,94)/b14-10-,15-11-,16-12-,25-21-,26-22-,27-23-,28-24-,37-33-,40-39-,41-34-,42-35-,43-36-,56-52-,68-64-. The minimum absolute atomic E-state index is 0.0630. The lowest BCUT2D eigenvalue weighted by Crippen LogP contribution is -2.30. The Hall–Kier alpha value is -5.58. The molecule has 0 aliphatic carbocycles. The first-order valence-electron chi connectivity index (χ1n) is 39.4. The van der Waals surface area contributed by atoms with Gasteiger partial charge >= 0.3 is 39.5 Å². The van der Waals surface area contributed by atoms with E-state index in [1.54, 1.807) is 12.2 Å². The third-order valence-corrected chi connectivity index (χ3v) is 17.6. The Morgan fingerprint density at radius 2 is 0.538 bits per heavy atom. The fourth-order valence-corrected chi connectivity index (χ4v) is 11.4. The predicted octanol–water partition coefficient (Wildman–Crippen LogP) is 23.0. The molecule has 0 aromatic carbocycles. The molecule has 0 saturated heterocycles. The zero-order valence-corrected chi connectivity index (χ0v) is 66.2. The predicted molar refractivity (Wildman–Crippen MR) is 426 cm³/mol. The summed E-state index contributed by atoms with van der Waals surface area (Å²) in [6, 6.07) is 0. The van der Waals surface area contributed by atoms with Gasteiger partial charge in [-0.05, 0) is 154 Å². The number of rotatable bonds is 72. The number of ether oxygens (including phenoxy) is 4. The summed E-state index contributed by atoms with van der Waals surface area (Å²) >= 11 is 0. The zero-order valence-electron chi connectivity index (χ0n) is 64.4. The van der Waals surface area contributed by atoms with Crippen LogP contribution in [-0.2, 0) is 65.4 Å². The van der Waals surface area contributed by atoms with E-state index in [2.05, 4.69) is 174 Å². The fourth-order valence-electron chi connectivity index (χ4n) is 9.80. The number of phosphoric ester groups is 2. The maximum absolute atomic E-state index is 13.1. The lowest BCUT2D eigenvalue weighted by atomic mass is 10.1. The molecule has 0 amide bonds. The fraction of sp³-hybridized carbons (Fsp3) is 0.624. The Labute approximate surface area is 629 Å². The molecule has 0 aliphatic rings. The van der Waals surface area contributed by atoms with Crippen LogP contribution in [0.2, 0.25) is 0 Å². The van der Waals surface area contributed by atoms with Gasteiger partial charge in [0.1, 0.15) is 19.3 Å². The Morgan fingerprint density at radius 3 is 0.856 bits per heavy atom. The first-order chi connectivity index (χ1) is 50.7. The third kappa shape index (κ3) is 74.7. The number of aliphatic hydroxyl groups is 1. The average molecular weight is 1490 g/mol. The summed E-state index contributed by atoms with van der Waals surface area (Å²) in [5, 5.41) is 10.6. The normalized spacial score (nSPS) is 14.8. The van der Waals surface area contributed by atoms with E-state index in [0.717, 1.165) is 186 Å². The molecule has 0 radical (unpaired) electrons. The van der Waals surface area contributed by atoms with Crippen LogP contribution in [0.3, 0.4) is 0 Å². The van der Waals surface area contributed by atoms with Crippen molar-refractivity contribution in [1.29, 1.82) is 0 Å². The van der Waals surface area contributed by atoms with Crippen molar-refractivity contribution in [1.82, 2.24) is 0 Å².